The Bertz CT molecular complexity index is 281. The van der Waals surface area contributed by atoms with Gasteiger partial charge in [-0.25, -0.2) is 0 Å². The van der Waals surface area contributed by atoms with E-state index in [1.807, 2.05) is 6.92 Å². The van der Waals surface area contributed by atoms with Crippen molar-refractivity contribution in [1.29, 1.82) is 0 Å². The molecule has 0 heterocycles. The van der Waals surface area contributed by atoms with Crippen molar-refractivity contribution in [3.8, 4) is 0 Å². The third kappa shape index (κ3) is 4.85. The smallest absolute Gasteiger partial charge is 0.0774 e. The highest BCUT2D eigenvalue weighted by molar-refractivity contribution is 5.04. The maximum absolute atomic E-state index is 9.92. The van der Waals surface area contributed by atoms with E-state index in [9.17, 15) is 20.4 Å². The molecule has 0 bridgehead atoms. The van der Waals surface area contributed by atoms with Crippen LogP contribution in [0.1, 0.15) is 32.6 Å². The van der Waals surface area contributed by atoms with E-state index in [0.717, 1.165) is 6.42 Å². The van der Waals surface area contributed by atoms with Crippen molar-refractivity contribution in [3.63, 3.8) is 0 Å². The molecule has 112 valence electrons. The molecular formula is C14H26O5. The Hall–Kier alpha value is -0.460. The third-order valence-electron chi connectivity index (χ3n) is 3.81. The van der Waals surface area contributed by atoms with Gasteiger partial charge in [0.05, 0.1) is 31.0 Å². The molecule has 1 fully saturated rings. The number of hydrogen-bond acceptors (Lipinski definition) is 5. The van der Waals surface area contributed by atoms with E-state index >= 15 is 0 Å². The van der Waals surface area contributed by atoms with E-state index < -0.39 is 24.4 Å². The largest absolute Gasteiger partial charge is 0.394 e. The molecule has 1 aliphatic carbocycles. The fourth-order valence-electron chi connectivity index (χ4n) is 2.74. The van der Waals surface area contributed by atoms with Crippen LogP contribution in [0, 0.1) is 11.8 Å². The van der Waals surface area contributed by atoms with E-state index in [1.54, 1.807) is 12.2 Å². The molecule has 0 aromatic heterocycles. The molecule has 19 heavy (non-hydrogen) atoms. The van der Waals surface area contributed by atoms with Gasteiger partial charge in [0, 0.05) is 12.3 Å². The second kappa shape index (κ2) is 7.97. The zero-order valence-corrected chi connectivity index (χ0v) is 11.4. The second-order valence-electron chi connectivity index (χ2n) is 5.42. The first-order chi connectivity index (χ1) is 8.99. The molecule has 1 aliphatic rings. The number of rotatable bonds is 7. The van der Waals surface area contributed by atoms with Crippen LogP contribution < -0.4 is 0 Å². The zero-order chi connectivity index (χ0) is 14.4. The summed E-state index contributed by atoms with van der Waals surface area (Å²) in [6.07, 6.45) is 2.63. The molecule has 1 rings (SSSR count). The van der Waals surface area contributed by atoms with E-state index in [4.69, 9.17) is 5.11 Å². The lowest BCUT2D eigenvalue weighted by molar-refractivity contribution is 0.0384. The predicted molar refractivity (Wildman–Crippen MR) is 71.4 cm³/mol. The minimum absolute atomic E-state index is 0.244. The molecule has 0 amide bonds. The van der Waals surface area contributed by atoms with Crippen LogP contribution in [0.4, 0.5) is 0 Å². The van der Waals surface area contributed by atoms with Gasteiger partial charge in [-0.15, -0.1) is 0 Å². The molecule has 0 aromatic rings. The van der Waals surface area contributed by atoms with Gasteiger partial charge in [0.25, 0.3) is 0 Å². The van der Waals surface area contributed by atoms with Gasteiger partial charge < -0.3 is 25.5 Å². The molecule has 6 unspecified atom stereocenters. The van der Waals surface area contributed by atoms with Crippen LogP contribution in [0.3, 0.4) is 0 Å². The Morgan fingerprint density at radius 3 is 2.47 bits per heavy atom. The van der Waals surface area contributed by atoms with Crippen molar-refractivity contribution >= 4 is 0 Å². The molecule has 5 heteroatoms. The van der Waals surface area contributed by atoms with Gasteiger partial charge in [-0.1, -0.05) is 25.5 Å². The van der Waals surface area contributed by atoms with Crippen LogP contribution in [0.25, 0.3) is 0 Å². The maximum Gasteiger partial charge on any atom is 0.0774 e. The average molecular weight is 274 g/mol. The Morgan fingerprint density at radius 2 is 1.89 bits per heavy atom. The van der Waals surface area contributed by atoms with Gasteiger partial charge in [0.1, 0.15) is 0 Å². The molecule has 0 saturated heterocycles. The van der Waals surface area contributed by atoms with Crippen LogP contribution in [-0.2, 0) is 0 Å². The summed E-state index contributed by atoms with van der Waals surface area (Å²) in [5.41, 5.74) is 0. The quantitative estimate of drug-likeness (QED) is 0.414. The van der Waals surface area contributed by atoms with Crippen molar-refractivity contribution in [1.82, 2.24) is 0 Å². The zero-order valence-electron chi connectivity index (χ0n) is 11.4. The van der Waals surface area contributed by atoms with Crippen molar-refractivity contribution in [3.05, 3.63) is 12.2 Å². The van der Waals surface area contributed by atoms with Crippen molar-refractivity contribution in [2.24, 2.45) is 11.8 Å². The van der Waals surface area contributed by atoms with Gasteiger partial charge in [0.15, 0.2) is 0 Å². The van der Waals surface area contributed by atoms with Crippen LogP contribution >= 0.6 is 0 Å². The standard InChI is InChI=1S/C14H26O5/c1-2-3-9(16)4-5-11-12(6-10(17)8-15)14(19)7-13(11)18/h4-5,9-19H,2-3,6-8H2,1H3/b5-4+. The first-order valence-electron chi connectivity index (χ1n) is 7.01. The maximum atomic E-state index is 9.92. The average Bonchev–Trinajstić information content (AvgIpc) is 2.62. The van der Waals surface area contributed by atoms with Crippen LogP contribution in [0.5, 0.6) is 0 Å². The minimum Gasteiger partial charge on any atom is -0.394 e. The minimum atomic E-state index is -0.888. The first kappa shape index (κ1) is 16.6. The summed E-state index contributed by atoms with van der Waals surface area (Å²) < 4.78 is 0. The molecule has 0 radical (unpaired) electrons. The first-order valence-corrected chi connectivity index (χ1v) is 7.01. The highest BCUT2D eigenvalue weighted by atomic mass is 16.3. The Morgan fingerprint density at radius 1 is 1.21 bits per heavy atom. The predicted octanol–water partition coefficient (Wildman–Crippen LogP) is -0.195. The second-order valence-corrected chi connectivity index (χ2v) is 5.42. The number of hydrogen-bond donors (Lipinski definition) is 5. The summed E-state index contributed by atoms with van der Waals surface area (Å²) in [6, 6.07) is 0. The normalized spacial score (nSPS) is 34.8. The molecule has 0 aliphatic heterocycles. The fourth-order valence-corrected chi connectivity index (χ4v) is 2.74. The number of aliphatic hydroxyl groups excluding tert-OH is 5. The van der Waals surface area contributed by atoms with Gasteiger partial charge in [0.2, 0.25) is 0 Å². The molecule has 5 nitrogen and oxygen atoms in total. The van der Waals surface area contributed by atoms with Gasteiger partial charge in [-0.3, -0.25) is 0 Å². The Labute approximate surface area is 114 Å². The SMILES string of the molecule is CCCC(O)/C=C/C1C(O)CC(O)C1CC(O)CO. The van der Waals surface area contributed by atoms with E-state index in [-0.39, 0.29) is 31.3 Å². The fraction of sp³-hybridized carbons (Fsp3) is 0.857. The Kier molecular flexibility index (Phi) is 6.96. The lowest BCUT2D eigenvalue weighted by Crippen LogP contribution is -2.27. The number of aliphatic hydroxyl groups is 5. The molecule has 5 N–H and O–H groups in total. The summed E-state index contributed by atoms with van der Waals surface area (Å²) in [5, 5.41) is 47.8. The van der Waals surface area contributed by atoms with Gasteiger partial charge in [-0.2, -0.15) is 0 Å². The van der Waals surface area contributed by atoms with Crippen molar-refractivity contribution in [2.45, 2.75) is 57.0 Å². The molecule has 6 atom stereocenters. The summed E-state index contributed by atoms with van der Waals surface area (Å²) in [4.78, 5) is 0. The molecule has 0 spiro atoms. The summed E-state index contributed by atoms with van der Waals surface area (Å²) >= 11 is 0. The summed E-state index contributed by atoms with van der Waals surface area (Å²) in [6.45, 7) is 1.62. The highest BCUT2D eigenvalue weighted by Crippen LogP contribution is 2.36. The van der Waals surface area contributed by atoms with E-state index in [0.29, 0.717) is 6.42 Å². The van der Waals surface area contributed by atoms with E-state index in [2.05, 4.69) is 0 Å². The topological polar surface area (TPSA) is 101 Å². The summed E-state index contributed by atoms with van der Waals surface area (Å²) in [7, 11) is 0. The van der Waals surface area contributed by atoms with E-state index in [1.165, 1.54) is 0 Å². The van der Waals surface area contributed by atoms with Crippen molar-refractivity contribution < 1.29 is 25.5 Å². The van der Waals surface area contributed by atoms with Gasteiger partial charge in [-0.05, 0) is 18.8 Å². The third-order valence-corrected chi connectivity index (χ3v) is 3.81. The molecule has 1 saturated carbocycles. The monoisotopic (exact) mass is 274 g/mol. The summed E-state index contributed by atoms with van der Waals surface area (Å²) in [5.74, 6) is -0.579. The Balaban J connectivity index is 2.65. The van der Waals surface area contributed by atoms with Crippen LogP contribution in [-0.4, -0.2) is 56.6 Å². The lowest BCUT2D eigenvalue weighted by Gasteiger charge is -2.23. The van der Waals surface area contributed by atoms with Crippen LogP contribution in [0.15, 0.2) is 12.2 Å². The van der Waals surface area contributed by atoms with Crippen molar-refractivity contribution in [2.75, 3.05) is 6.61 Å². The van der Waals surface area contributed by atoms with Crippen LogP contribution in [0.2, 0.25) is 0 Å². The molecular weight excluding hydrogens is 248 g/mol. The van der Waals surface area contributed by atoms with Gasteiger partial charge >= 0.3 is 0 Å². The molecule has 0 aromatic carbocycles. The highest BCUT2D eigenvalue weighted by Gasteiger charge is 2.40. The lowest BCUT2D eigenvalue weighted by atomic mass is 9.88.